The average molecular weight is 447 g/mol. The fourth-order valence-corrected chi connectivity index (χ4v) is 3.84. The molecule has 2 aromatic carbocycles. The Morgan fingerprint density at radius 1 is 1.16 bits per heavy atom. The summed E-state index contributed by atoms with van der Waals surface area (Å²) in [5, 5.41) is 3.33. The van der Waals surface area contributed by atoms with E-state index in [2.05, 4.69) is 10.2 Å². The van der Waals surface area contributed by atoms with Gasteiger partial charge in [-0.1, -0.05) is 17.7 Å². The van der Waals surface area contributed by atoms with Crippen LogP contribution in [0, 0.1) is 13.8 Å². The Hall–Kier alpha value is -2.77. The number of rotatable bonds is 7. The molecule has 1 saturated heterocycles. The smallest absolute Gasteiger partial charge is 0.338 e. The molecule has 31 heavy (non-hydrogen) atoms. The van der Waals surface area contributed by atoms with Gasteiger partial charge in [0.2, 0.25) is 0 Å². The Balaban J connectivity index is 1.78. The SMILES string of the molecule is CCOC(=O)c1ccc(N2CCOCC2)c(NC(=O)COc2c(C)cc(C)cc2Cl)c1. The highest BCUT2D eigenvalue weighted by Gasteiger charge is 2.19. The molecule has 1 amide bonds. The molecule has 3 rings (SSSR count). The fourth-order valence-electron chi connectivity index (χ4n) is 3.47. The van der Waals surface area contributed by atoms with E-state index in [0.717, 1.165) is 16.8 Å². The van der Waals surface area contributed by atoms with Crippen molar-refractivity contribution in [2.45, 2.75) is 20.8 Å². The summed E-state index contributed by atoms with van der Waals surface area (Å²) < 4.78 is 16.2. The lowest BCUT2D eigenvalue weighted by molar-refractivity contribution is -0.118. The molecule has 1 aliphatic rings. The third kappa shape index (κ3) is 5.89. The summed E-state index contributed by atoms with van der Waals surface area (Å²) in [6.07, 6.45) is 0. The minimum absolute atomic E-state index is 0.212. The molecule has 1 heterocycles. The Labute approximate surface area is 187 Å². The normalized spacial score (nSPS) is 13.6. The van der Waals surface area contributed by atoms with Gasteiger partial charge in [0, 0.05) is 13.1 Å². The first-order valence-electron chi connectivity index (χ1n) is 10.2. The van der Waals surface area contributed by atoms with Gasteiger partial charge in [-0.3, -0.25) is 4.79 Å². The van der Waals surface area contributed by atoms with Crippen molar-refractivity contribution in [3.63, 3.8) is 0 Å². The molecule has 0 saturated carbocycles. The van der Waals surface area contributed by atoms with Crippen molar-refractivity contribution in [3.8, 4) is 5.75 Å². The predicted octanol–water partition coefficient (Wildman–Crippen LogP) is 3.99. The van der Waals surface area contributed by atoms with Gasteiger partial charge in [0.15, 0.2) is 6.61 Å². The van der Waals surface area contributed by atoms with Crippen LogP contribution < -0.4 is 15.0 Å². The number of nitrogens with one attached hydrogen (secondary N) is 1. The summed E-state index contributed by atoms with van der Waals surface area (Å²) in [5.41, 5.74) is 3.58. The van der Waals surface area contributed by atoms with Crippen LogP contribution in [0.5, 0.6) is 5.75 Å². The molecule has 0 aliphatic carbocycles. The van der Waals surface area contributed by atoms with Gasteiger partial charge in [-0.2, -0.15) is 0 Å². The summed E-state index contributed by atoms with van der Waals surface area (Å²) in [4.78, 5) is 27.0. The molecule has 0 aromatic heterocycles. The first-order valence-corrected chi connectivity index (χ1v) is 10.6. The number of aryl methyl sites for hydroxylation is 2. The quantitative estimate of drug-likeness (QED) is 0.648. The molecule has 0 spiro atoms. The lowest BCUT2D eigenvalue weighted by Crippen LogP contribution is -2.37. The molecule has 1 fully saturated rings. The summed E-state index contributed by atoms with van der Waals surface area (Å²) in [6.45, 7) is 8.21. The molecule has 1 aliphatic heterocycles. The Morgan fingerprint density at radius 2 is 1.90 bits per heavy atom. The zero-order valence-electron chi connectivity index (χ0n) is 18.0. The zero-order valence-corrected chi connectivity index (χ0v) is 18.8. The molecular weight excluding hydrogens is 420 g/mol. The van der Waals surface area contributed by atoms with E-state index in [-0.39, 0.29) is 19.1 Å². The minimum atomic E-state index is -0.440. The van der Waals surface area contributed by atoms with Gasteiger partial charge in [0.1, 0.15) is 5.75 Å². The number of morpholine rings is 1. The second kappa shape index (κ2) is 10.5. The Kier molecular flexibility index (Phi) is 7.76. The molecule has 7 nitrogen and oxygen atoms in total. The van der Waals surface area contributed by atoms with Crippen molar-refractivity contribution in [2.75, 3.05) is 49.7 Å². The molecule has 0 unspecified atom stereocenters. The van der Waals surface area contributed by atoms with Crippen LogP contribution in [0.1, 0.15) is 28.4 Å². The molecule has 0 atom stereocenters. The molecule has 0 bridgehead atoms. The highest BCUT2D eigenvalue weighted by atomic mass is 35.5. The summed E-state index contributed by atoms with van der Waals surface area (Å²) in [5.74, 6) is -0.313. The number of hydrogen-bond acceptors (Lipinski definition) is 6. The standard InChI is InChI=1S/C23H27ClN2O5/c1-4-30-23(28)17-5-6-20(26-7-9-29-10-8-26)19(13-17)25-21(27)14-31-22-16(3)11-15(2)12-18(22)24/h5-6,11-13H,4,7-10,14H2,1-3H3,(H,25,27). The Bertz CT molecular complexity index is 934. The second-order valence-electron chi connectivity index (χ2n) is 7.28. The fraction of sp³-hybridized carbons (Fsp3) is 0.391. The highest BCUT2D eigenvalue weighted by Crippen LogP contribution is 2.31. The van der Waals surface area contributed by atoms with Crippen LogP contribution in [-0.4, -0.2) is 51.4 Å². The van der Waals surface area contributed by atoms with Crippen molar-refractivity contribution in [2.24, 2.45) is 0 Å². The number of ether oxygens (including phenoxy) is 3. The minimum Gasteiger partial charge on any atom is -0.482 e. The number of esters is 1. The van der Waals surface area contributed by atoms with E-state index in [1.807, 2.05) is 26.0 Å². The van der Waals surface area contributed by atoms with Crippen molar-refractivity contribution < 1.29 is 23.8 Å². The number of halogens is 1. The summed E-state index contributed by atoms with van der Waals surface area (Å²) >= 11 is 6.26. The molecule has 166 valence electrons. The molecule has 1 N–H and O–H groups in total. The van der Waals surface area contributed by atoms with Gasteiger partial charge >= 0.3 is 5.97 Å². The largest absolute Gasteiger partial charge is 0.482 e. The highest BCUT2D eigenvalue weighted by molar-refractivity contribution is 6.32. The number of hydrogen-bond donors (Lipinski definition) is 1. The van der Waals surface area contributed by atoms with Gasteiger partial charge in [0.05, 0.1) is 41.8 Å². The average Bonchev–Trinajstić information content (AvgIpc) is 2.73. The van der Waals surface area contributed by atoms with E-state index in [4.69, 9.17) is 25.8 Å². The molecular formula is C23H27ClN2O5. The third-order valence-corrected chi connectivity index (χ3v) is 5.14. The maximum Gasteiger partial charge on any atom is 0.338 e. The zero-order chi connectivity index (χ0) is 22.4. The maximum atomic E-state index is 12.7. The lowest BCUT2D eigenvalue weighted by Gasteiger charge is -2.30. The van der Waals surface area contributed by atoms with Crippen LogP contribution in [0.4, 0.5) is 11.4 Å². The van der Waals surface area contributed by atoms with E-state index >= 15 is 0 Å². The first-order chi connectivity index (χ1) is 14.9. The number of carbonyl (C=O) groups is 2. The van der Waals surface area contributed by atoms with Crippen LogP contribution in [0.2, 0.25) is 5.02 Å². The van der Waals surface area contributed by atoms with Crippen LogP contribution in [0.25, 0.3) is 0 Å². The van der Waals surface area contributed by atoms with Crippen LogP contribution in [-0.2, 0) is 14.3 Å². The van der Waals surface area contributed by atoms with Gasteiger partial charge in [0.25, 0.3) is 5.91 Å². The van der Waals surface area contributed by atoms with E-state index in [0.29, 0.717) is 48.3 Å². The number of anilines is 2. The number of carbonyl (C=O) groups excluding carboxylic acids is 2. The van der Waals surface area contributed by atoms with Crippen molar-refractivity contribution in [1.29, 1.82) is 0 Å². The summed E-state index contributed by atoms with van der Waals surface area (Å²) in [7, 11) is 0. The van der Waals surface area contributed by atoms with E-state index in [1.54, 1.807) is 25.1 Å². The van der Waals surface area contributed by atoms with Gasteiger partial charge < -0.3 is 24.4 Å². The topological polar surface area (TPSA) is 77.1 Å². The second-order valence-corrected chi connectivity index (χ2v) is 7.69. The van der Waals surface area contributed by atoms with E-state index < -0.39 is 5.97 Å². The van der Waals surface area contributed by atoms with Crippen LogP contribution in [0.3, 0.4) is 0 Å². The number of amides is 1. The van der Waals surface area contributed by atoms with Gasteiger partial charge in [-0.05, 0) is 56.2 Å². The first kappa shape index (κ1) is 22.9. The monoisotopic (exact) mass is 446 g/mol. The van der Waals surface area contributed by atoms with Crippen molar-refractivity contribution >= 4 is 34.9 Å². The van der Waals surface area contributed by atoms with Crippen LogP contribution >= 0.6 is 11.6 Å². The van der Waals surface area contributed by atoms with Gasteiger partial charge in [-0.25, -0.2) is 4.79 Å². The van der Waals surface area contributed by atoms with Gasteiger partial charge in [-0.15, -0.1) is 0 Å². The maximum absolute atomic E-state index is 12.7. The predicted molar refractivity (Wildman–Crippen MR) is 120 cm³/mol. The van der Waals surface area contributed by atoms with E-state index in [9.17, 15) is 9.59 Å². The van der Waals surface area contributed by atoms with Crippen molar-refractivity contribution in [1.82, 2.24) is 0 Å². The lowest BCUT2D eigenvalue weighted by atomic mass is 10.1. The molecule has 0 radical (unpaired) electrons. The van der Waals surface area contributed by atoms with Crippen LogP contribution in [0.15, 0.2) is 30.3 Å². The Morgan fingerprint density at radius 3 is 2.58 bits per heavy atom. The number of nitrogens with zero attached hydrogens (tertiary/aromatic N) is 1. The third-order valence-electron chi connectivity index (χ3n) is 4.85. The number of benzene rings is 2. The van der Waals surface area contributed by atoms with E-state index in [1.165, 1.54) is 0 Å². The van der Waals surface area contributed by atoms with Crippen molar-refractivity contribution in [3.05, 3.63) is 52.0 Å². The summed E-state index contributed by atoms with van der Waals surface area (Å²) in [6, 6.07) is 8.88. The molecule has 8 heteroatoms. The molecule has 2 aromatic rings.